The molecule has 0 unspecified atom stereocenters. The molecule has 0 aromatic heterocycles. The van der Waals surface area contributed by atoms with E-state index in [9.17, 15) is 13.2 Å². The SMILES string of the molecule is CCC1(CC)C[C@H](NC(=O)c2ccc(CN(c3ccccc3)S(C)(=O)=O)cc2)c2ccccc2O1. The third-order valence-corrected chi connectivity index (χ3v) is 7.92. The van der Waals surface area contributed by atoms with Crippen molar-refractivity contribution in [1.29, 1.82) is 0 Å². The summed E-state index contributed by atoms with van der Waals surface area (Å²) in [5.41, 5.74) is 2.61. The number of benzene rings is 3. The van der Waals surface area contributed by atoms with Gasteiger partial charge in [-0.25, -0.2) is 8.42 Å². The Balaban J connectivity index is 1.51. The smallest absolute Gasteiger partial charge is 0.251 e. The Morgan fingerprint density at radius 1 is 0.971 bits per heavy atom. The van der Waals surface area contributed by atoms with Crippen LogP contribution in [0.25, 0.3) is 0 Å². The first-order valence-corrected chi connectivity index (χ1v) is 13.8. The van der Waals surface area contributed by atoms with Crippen molar-refractivity contribution in [3.05, 3.63) is 95.6 Å². The van der Waals surface area contributed by atoms with Gasteiger partial charge in [0.2, 0.25) is 10.0 Å². The first kappa shape index (κ1) is 24.8. The molecule has 3 aromatic rings. The molecule has 1 amide bonds. The Bertz CT molecular complexity index is 1270. The van der Waals surface area contributed by atoms with Gasteiger partial charge in [0, 0.05) is 17.5 Å². The topological polar surface area (TPSA) is 75.7 Å². The molecule has 0 saturated heterocycles. The van der Waals surface area contributed by atoms with E-state index in [1.165, 1.54) is 10.6 Å². The maximum absolute atomic E-state index is 13.2. The number of fused-ring (bicyclic) bond motifs is 1. The third-order valence-electron chi connectivity index (χ3n) is 6.78. The van der Waals surface area contributed by atoms with Crippen molar-refractivity contribution in [1.82, 2.24) is 5.32 Å². The highest BCUT2D eigenvalue weighted by atomic mass is 32.2. The van der Waals surface area contributed by atoms with Gasteiger partial charge in [0.15, 0.2) is 0 Å². The molecule has 7 heteroatoms. The Labute approximate surface area is 208 Å². The number of hydrogen-bond donors (Lipinski definition) is 1. The van der Waals surface area contributed by atoms with E-state index in [4.69, 9.17) is 4.74 Å². The van der Waals surface area contributed by atoms with Gasteiger partial charge in [-0.3, -0.25) is 9.10 Å². The van der Waals surface area contributed by atoms with Crippen molar-refractivity contribution in [2.24, 2.45) is 0 Å². The minimum absolute atomic E-state index is 0.147. The molecule has 0 fully saturated rings. The van der Waals surface area contributed by atoms with E-state index in [2.05, 4.69) is 19.2 Å². The molecule has 0 spiro atoms. The van der Waals surface area contributed by atoms with Gasteiger partial charge in [0.1, 0.15) is 11.4 Å². The molecule has 4 rings (SSSR count). The molecule has 184 valence electrons. The van der Waals surface area contributed by atoms with Crippen molar-refractivity contribution < 1.29 is 17.9 Å². The molecule has 1 aliphatic heterocycles. The summed E-state index contributed by atoms with van der Waals surface area (Å²) in [5, 5.41) is 3.20. The van der Waals surface area contributed by atoms with Gasteiger partial charge in [0.05, 0.1) is 24.5 Å². The van der Waals surface area contributed by atoms with Gasteiger partial charge in [-0.15, -0.1) is 0 Å². The van der Waals surface area contributed by atoms with Crippen LogP contribution in [0.15, 0.2) is 78.9 Å². The first-order valence-electron chi connectivity index (χ1n) is 11.9. The molecule has 1 heterocycles. The van der Waals surface area contributed by atoms with E-state index < -0.39 is 10.0 Å². The van der Waals surface area contributed by atoms with Crippen LogP contribution < -0.4 is 14.4 Å². The highest BCUT2D eigenvalue weighted by molar-refractivity contribution is 7.92. The Morgan fingerprint density at radius 2 is 1.60 bits per heavy atom. The molecular weight excluding hydrogens is 460 g/mol. The summed E-state index contributed by atoms with van der Waals surface area (Å²) in [6.45, 7) is 4.42. The zero-order valence-corrected chi connectivity index (χ0v) is 21.2. The van der Waals surface area contributed by atoms with E-state index in [-0.39, 0.29) is 24.1 Å². The largest absolute Gasteiger partial charge is 0.487 e. The van der Waals surface area contributed by atoms with Crippen LogP contribution in [0.4, 0.5) is 5.69 Å². The number of anilines is 1. The van der Waals surface area contributed by atoms with Crippen LogP contribution in [0.3, 0.4) is 0 Å². The van der Waals surface area contributed by atoms with Crippen LogP contribution in [0.5, 0.6) is 5.75 Å². The van der Waals surface area contributed by atoms with Gasteiger partial charge in [0.25, 0.3) is 5.91 Å². The second-order valence-corrected chi connectivity index (χ2v) is 11.0. The molecule has 0 aliphatic carbocycles. The van der Waals surface area contributed by atoms with Gasteiger partial charge in [-0.1, -0.05) is 62.4 Å². The van der Waals surface area contributed by atoms with Crippen LogP contribution in [0.1, 0.15) is 60.6 Å². The summed E-state index contributed by atoms with van der Waals surface area (Å²) in [5.74, 6) is 0.660. The van der Waals surface area contributed by atoms with Gasteiger partial charge >= 0.3 is 0 Å². The fraction of sp³-hybridized carbons (Fsp3) is 0.321. The average Bonchev–Trinajstić information content (AvgIpc) is 2.87. The highest BCUT2D eigenvalue weighted by Crippen LogP contribution is 2.42. The molecule has 1 atom stereocenters. The van der Waals surface area contributed by atoms with E-state index >= 15 is 0 Å². The average molecular weight is 493 g/mol. The summed E-state index contributed by atoms with van der Waals surface area (Å²) >= 11 is 0. The number of nitrogens with one attached hydrogen (secondary N) is 1. The van der Waals surface area contributed by atoms with Crippen molar-refractivity contribution in [3.63, 3.8) is 0 Å². The van der Waals surface area contributed by atoms with Gasteiger partial charge < -0.3 is 10.1 Å². The lowest BCUT2D eigenvalue weighted by molar-refractivity contribution is 0.0227. The monoisotopic (exact) mass is 492 g/mol. The lowest BCUT2D eigenvalue weighted by Gasteiger charge is -2.41. The van der Waals surface area contributed by atoms with Crippen LogP contribution in [0.2, 0.25) is 0 Å². The molecule has 1 aliphatic rings. The van der Waals surface area contributed by atoms with E-state index in [1.54, 1.807) is 48.5 Å². The quantitative estimate of drug-likeness (QED) is 0.453. The van der Waals surface area contributed by atoms with Crippen molar-refractivity contribution >= 4 is 21.6 Å². The Kier molecular flexibility index (Phi) is 7.17. The number of carbonyl (C=O) groups excluding carboxylic acids is 1. The summed E-state index contributed by atoms with van der Waals surface area (Å²) in [6.07, 6.45) is 3.62. The third kappa shape index (κ3) is 5.51. The lowest BCUT2D eigenvalue weighted by Crippen LogP contribution is -2.44. The van der Waals surface area contributed by atoms with Crippen LogP contribution in [-0.4, -0.2) is 26.2 Å². The summed E-state index contributed by atoms with van der Waals surface area (Å²) in [4.78, 5) is 13.2. The molecule has 3 aromatic carbocycles. The predicted octanol–water partition coefficient (Wildman–Crippen LogP) is 5.47. The van der Waals surface area contributed by atoms with E-state index in [0.717, 1.165) is 29.7 Å². The Morgan fingerprint density at radius 3 is 2.23 bits per heavy atom. The molecule has 35 heavy (non-hydrogen) atoms. The van der Waals surface area contributed by atoms with Gasteiger partial charge in [-0.05, 0) is 48.7 Å². The number of nitrogens with zero attached hydrogens (tertiary/aromatic N) is 1. The van der Waals surface area contributed by atoms with Crippen molar-refractivity contribution in [2.75, 3.05) is 10.6 Å². The van der Waals surface area contributed by atoms with Gasteiger partial charge in [-0.2, -0.15) is 0 Å². The van der Waals surface area contributed by atoms with Crippen molar-refractivity contribution in [2.45, 2.75) is 51.3 Å². The van der Waals surface area contributed by atoms with Crippen molar-refractivity contribution in [3.8, 4) is 5.75 Å². The number of amides is 1. The zero-order valence-electron chi connectivity index (χ0n) is 20.4. The molecule has 6 nitrogen and oxygen atoms in total. The lowest BCUT2D eigenvalue weighted by atomic mass is 9.83. The van der Waals surface area contributed by atoms with E-state index in [0.29, 0.717) is 17.7 Å². The van der Waals surface area contributed by atoms with Crippen LogP contribution in [0, 0.1) is 0 Å². The second-order valence-electron chi connectivity index (χ2n) is 9.06. The number of ether oxygens (including phenoxy) is 1. The first-order chi connectivity index (χ1) is 16.7. The maximum Gasteiger partial charge on any atom is 0.251 e. The molecule has 0 saturated carbocycles. The minimum atomic E-state index is -3.46. The summed E-state index contributed by atoms with van der Waals surface area (Å²) < 4.78 is 32.5. The number of hydrogen-bond acceptors (Lipinski definition) is 4. The molecule has 1 N–H and O–H groups in total. The maximum atomic E-state index is 13.2. The number of rotatable bonds is 8. The predicted molar refractivity (Wildman–Crippen MR) is 139 cm³/mol. The molecule has 0 radical (unpaired) electrons. The van der Waals surface area contributed by atoms with Crippen LogP contribution >= 0.6 is 0 Å². The fourth-order valence-electron chi connectivity index (χ4n) is 4.59. The zero-order chi connectivity index (χ0) is 25.1. The van der Waals surface area contributed by atoms with E-state index in [1.807, 2.05) is 30.3 Å². The van der Waals surface area contributed by atoms with Crippen LogP contribution in [-0.2, 0) is 16.6 Å². The number of para-hydroxylation sites is 2. The minimum Gasteiger partial charge on any atom is -0.487 e. The number of carbonyl (C=O) groups is 1. The number of sulfonamides is 1. The highest BCUT2D eigenvalue weighted by Gasteiger charge is 2.39. The standard InChI is InChI=1S/C28H32N2O4S/c1-4-28(5-2)19-25(24-13-9-10-14-26(24)34-28)29-27(31)22-17-15-21(16-18-22)20-30(35(3,32)33)23-11-7-6-8-12-23/h6-18,25H,4-5,19-20H2,1-3H3,(H,29,31)/t25-/m0/s1. The fourth-order valence-corrected chi connectivity index (χ4v) is 5.48. The Hall–Kier alpha value is -3.32. The summed E-state index contributed by atoms with van der Waals surface area (Å²) in [6, 6.07) is 23.8. The molecular formula is C28H32N2O4S. The second kappa shape index (κ2) is 10.1. The molecule has 0 bridgehead atoms. The normalized spacial score (nSPS) is 16.6. The summed E-state index contributed by atoms with van der Waals surface area (Å²) in [7, 11) is -3.46.